The van der Waals surface area contributed by atoms with Crippen LogP contribution in [-0.2, 0) is 10.2 Å². The van der Waals surface area contributed by atoms with Crippen molar-refractivity contribution in [2.45, 2.75) is 50.9 Å². The van der Waals surface area contributed by atoms with Gasteiger partial charge in [-0.1, -0.05) is 23.4 Å². The summed E-state index contributed by atoms with van der Waals surface area (Å²) in [6, 6.07) is 10.1. The Hall–Kier alpha value is -2.17. The largest absolute Gasteiger partial charge is 0.461 e. The second kappa shape index (κ2) is 5.93. The molecule has 136 valence electrons. The van der Waals surface area contributed by atoms with Crippen molar-refractivity contribution < 1.29 is 9.53 Å². The summed E-state index contributed by atoms with van der Waals surface area (Å²) < 4.78 is 7.24. The van der Waals surface area contributed by atoms with Crippen LogP contribution < -0.4 is 0 Å². The van der Waals surface area contributed by atoms with Crippen molar-refractivity contribution in [1.82, 2.24) is 15.0 Å². The maximum absolute atomic E-state index is 12.7. The molecule has 0 radical (unpaired) electrons. The Morgan fingerprint density at radius 2 is 1.73 bits per heavy atom. The van der Waals surface area contributed by atoms with Gasteiger partial charge >= 0.3 is 5.97 Å². The molecule has 0 atom stereocenters. The van der Waals surface area contributed by atoms with E-state index in [2.05, 4.69) is 10.3 Å². The van der Waals surface area contributed by atoms with Crippen LogP contribution in [0.3, 0.4) is 0 Å². The molecular weight excluding hydrogens is 326 g/mol. The molecule has 4 aliphatic rings. The van der Waals surface area contributed by atoms with Crippen LogP contribution in [0.5, 0.6) is 0 Å². The minimum Gasteiger partial charge on any atom is -0.461 e. The van der Waals surface area contributed by atoms with Crippen molar-refractivity contribution in [2.75, 3.05) is 6.61 Å². The van der Waals surface area contributed by atoms with Crippen LogP contribution in [0.15, 0.2) is 30.3 Å². The van der Waals surface area contributed by atoms with Gasteiger partial charge in [-0.15, -0.1) is 5.10 Å². The molecule has 1 aromatic carbocycles. The molecule has 4 aliphatic carbocycles. The van der Waals surface area contributed by atoms with Gasteiger partial charge in [0.05, 0.1) is 18.0 Å². The molecule has 0 aliphatic heterocycles. The van der Waals surface area contributed by atoms with Crippen LogP contribution in [0.4, 0.5) is 0 Å². The Kier molecular flexibility index (Phi) is 3.66. The van der Waals surface area contributed by atoms with Crippen LogP contribution in [0.2, 0.25) is 0 Å². The van der Waals surface area contributed by atoms with Gasteiger partial charge in [0.25, 0.3) is 0 Å². The van der Waals surface area contributed by atoms with E-state index in [-0.39, 0.29) is 11.4 Å². The molecule has 0 N–H and O–H groups in total. The molecule has 26 heavy (non-hydrogen) atoms. The lowest BCUT2D eigenvalue weighted by Crippen LogP contribution is -2.50. The van der Waals surface area contributed by atoms with Gasteiger partial charge in [-0.2, -0.15) is 0 Å². The van der Waals surface area contributed by atoms with Gasteiger partial charge in [-0.25, -0.2) is 9.48 Å². The molecule has 1 aromatic heterocycles. The number of esters is 1. The van der Waals surface area contributed by atoms with Crippen molar-refractivity contribution >= 4 is 5.97 Å². The highest BCUT2D eigenvalue weighted by atomic mass is 16.5. The molecule has 0 amide bonds. The summed E-state index contributed by atoms with van der Waals surface area (Å²) in [6.45, 7) is 2.20. The molecule has 4 saturated carbocycles. The number of hydrogen-bond donors (Lipinski definition) is 0. The minimum absolute atomic E-state index is 0.0240. The van der Waals surface area contributed by atoms with Crippen LogP contribution in [-0.4, -0.2) is 27.6 Å². The third-order valence-electron chi connectivity index (χ3n) is 6.68. The number of nitrogens with zero attached hydrogens (tertiary/aromatic N) is 3. The predicted molar refractivity (Wildman–Crippen MR) is 97.2 cm³/mol. The van der Waals surface area contributed by atoms with E-state index in [1.807, 2.05) is 41.9 Å². The maximum atomic E-state index is 12.7. The van der Waals surface area contributed by atoms with Gasteiger partial charge in [0.1, 0.15) is 0 Å². The number of rotatable bonds is 4. The highest BCUT2D eigenvalue weighted by Gasteiger charge is 2.54. The fourth-order valence-corrected chi connectivity index (χ4v) is 6.25. The zero-order valence-corrected chi connectivity index (χ0v) is 15.2. The van der Waals surface area contributed by atoms with Gasteiger partial charge in [0, 0.05) is 5.41 Å². The van der Waals surface area contributed by atoms with Crippen LogP contribution in [0, 0.1) is 17.8 Å². The zero-order valence-electron chi connectivity index (χ0n) is 15.2. The van der Waals surface area contributed by atoms with Crippen molar-refractivity contribution in [1.29, 1.82) is 0 Å². The molecule has 0 saturated heterocycles. The Balaban J connectivity index is 1.66. The zero-order chi connectivity index (χ0) is 17.7. The number of aromatic nitrogens is 3. The summed E-state index contributed by atoms with van der Waals surface area (Å²) in [6.07, 6.45) is 7.56. The van der Waals surface area contributed by atoms with Gasteiger partial charge in [0.2, 0.25) is 0 Å². The summed E-state index contributed by atoms with van der Waals surface area (Å²) in [5, 5.41) is 8.72. The monoisotopic (exact) mass is 351 g/mol. The Bertz CT molecular complexity index is 792. The minimum atomic E-state index is -0.333. The smallest absolute Gasteiger partial charge is 0.360 e. The lowest BCUT2D eigenvalue weighted by atomic mass is 9.48. The van der Waals surface area contributed by atoms with E-state index in [4.69, 9.17) is 4.74 Å². The second-order valence-corrected chi connectivity index (χ2v) is 8.45. The van der Waals surface area contributed by atoms with E-state index in [1.54, 1.807) is 0 Å². The Labute approximate surface area is 153 Å². The quantitative estimate of drug-likeness (QED) is 0.784. The van der Waals surface area contributed by atoms with E-state index in [9.17, 15) is 4.79 Å². The molecule has 0 spiro atoms. The number of para-hydroxylation sites is 1. The van der Waals surface area contributed by atoms with Crippen LogP contribution in [0.1, 0.15) is 61.6 Å². The first-order chi connectivity index (χ1) is 12.7. The molecular formula is C21H25N3O2. The van der Waals surface area contributed by atoms with E-state index in [0.29, 0.717) is 12.3 Å². The van der Waals surface area contributed by atoms with Crippen molar-refractivity contribution in [3.8, 4) is 5.69 Å². The van der Waals surface area contributed by atoms with Gasteiger partial charge < -0.3 is 4.74 Å². The van der Waals surface area contributed by atoms with Crippen molar-refractivity contribution in [3.05, 3.63) is 41.7 Å². The lowest BCUT2D eigenvalue weighted by molar-refractivity contribution is -0.00914. The standard InChI is InChI=1S/C21H25N3O2/c1-2-26-20(25)18-19(24(23-22-18)17-6-4-3-5-7-17)21-11-14-8-15(12-21)10-16(9-14)13-21/h3-7,14-16H,2,8-13H2,1H3. The molecule has 0 unspecified atom stereocenters. The first-order valence-corrected chi connectivity index (χ1v) is 9.87. The first-order valence-electron chi connectivity index (χ1n) is 9.87. The van der Waals surface area contributed by atoms with Gasteiger partial charge in [0.15, 0.2) is 5.69 Å². The molecule has 4 bridgehead atoms. The molecule has 5 heteroatoms. The lowest BCUT2D eigenvalue weighted by Gasteiger charge is -2.56. The number of carbonyl (C=O) groups excluding carboxylic acids is 1. The van der Waals surface area contributed by atoms with E-state index in [0.717, 1.165) is 48.4 Å². The molecule has 2 aromatic rings. The maximum Gasteiger partial charge on any atom is 0.360 e. The molecule has 1 heterocycles. The topological polar surface area (TPSA) is 57.0 Å². The van der Waals surface area contributed by atoms with E-state index >= 15 is 0 Å². The number of hydrogen-bond acceptors (Lipinski definition) is 4. The molecule has 4 fully saturated rings. The highest BCUT2D eigenvalue weighted by Crippen LogP contribution is 2.61. The van der Waals surface area contributed by atoms with Crippen LogP contribution >= 0.6 is 0 Å². The van der Waals surface area contributed by atoms with Crippen molar-refractivity contribution in [3.63, 3.8) is 0 Å². The van der Waals surface area contributed by atoms with E-state index in [1.165, 1.54) is 19.3 Å². The third-order valence-corrected chi connectivity index (χ3v) is 6.68. The average Bonchev–Trinajstić information content (AvgIpc) is 3.08. The van der Waals surface area contributed by atoms with Crippen molar-refractivity contribution in [2.24, 2.45) is 17.8 Å². The fraction of sp³-hybridized carbons (Fsp3) is 0.571. The summed E-state index contributed by atoms with van der Waals surface area (Å²) in [7, 11) is 0. The SMILES string of the molecule is CCOC(=O)c1nnn(-c2ccccc2)c1C12CC3CC(CC(C3)C1)C2. The summed E-state index contributed by atoms with van der Waals surface area (Å²) in [5.74, 6) is 2.03. The second-order valence-electron chi connectivity index (χ2n) is 8.45. The normalized spacial score (nSPS) is 32.0. The Morgan fingerprint density at radius 1 is 1.12 bits per heavy atom. The molecule has 6 rings (SSSR count). The highest BCUT2D eigenvalue weighted by molar-refractivity contribution is 5.89. The number of carbonyl (C=O) groups is 1. The van der Waals surface area contributed by atoms with E-state index < -0.39 is 0 Å². The summed E-state index contributed by atoms with van der Waals surface area (Å²) in [4.78, 5) is 12.7. The van der Waals surface area contributed by atoms with Gasteiger partial charge in [-0.05, 0) is 75.3 Å². The van der Waals surface area contributed by atoms with Gasteiger partial charge in [-0.3, -0.25) is 0 Å². The predicted octanol–water partition coefficient (Wildman–Crippen LogP) is 3.91. The summed E-state index contributed by atoms with van der Waals surface area (Å²) >= 11 is 0. The average molecular weight is 351 g/mol. The third kappa shape index (κ3) is 2.40. The van der Waals surface area contributed by atoms with Crippen LogP contribution in [0.25, 0.3) is 5.69 Å². The molecule has 5 nitrogen and oxygen atoms in total. The number of ether oxygens (including phenoxy) is 1. The number of benzene rings is 1. The summed E-state index contributed by atoms with van der Waals surface area (Å²) in [5.41, 5.74) is 2.43. The first kappa shape index (κ1) is 16.0. The Morgan fingerprint density at radius 3 is 2.31 bits per heavy atom. The fourth-order valence-electron chi connectivity index (χ4n) is 6.25.